The van der Waals surface area contributed by atoms with Gasteiger partial charge in [0.25, 0.3) is 0 Å². The SMILES string of the molecule is CCCCC(=N[SiH2]C(C(C)(C)C)C(C)(C)C)c1ccccc1. The first-order valence-electron chi connectivity index (χ1n) is 8.75. The van der Waals surface area contributed by atoms with Crippen LogP contribution in [0.1, 0.15) is 73.3 Å². The second-order valence-corrected chi connectivity index (χ2v) is 10.0. The molecule has 0 atom stereocenters. The Morgan fingerprint density at radius 2 is 1.55 bits per heavy atom. The van der Waals surface area contributed by atoms with Crippen LogP contribution < -0.4 is 0 Å². The minimum Gasteiger partial charge on any atom is -0.332 e. The smallest absolute Gasteiger partial charge is 0.155 e. The minimum atomic E-state index is -0.514. The third-order valence-electron chi connectivity index (χ3n) is 4.43. The fourth-order valence-corrected chi connectivity index (χ4v) is 5.18. The molecule has 0 spiro atoms. The highest BCUT2D eigenvalue weighted by atomic mass is 28.2. The molecule has 2 heteroatoms. The molecule has 1 rings (SSSR count). The van der Waals surface area contributed by atoms with Crippen LogP contribution in [0.4, 0.5) is 0 Å². The van der Waals surface area contributed by atoms with E-state index in [1.54, 1.807) is 0 Å². The molecule has 22 heavy (non-hydrogen) atoms. The van der Waals surface area contributed by atoms with Gasteiger partial charge in [-0.05, 0) is 34.8 Å². The van der Waals surface area contributed by atoms with Gasteiger partial charge in [-0.1, -0.05) is 85.2 Å². The topological polar surface area (TPSA) is 12.4 Å². The Balaban J connectivity index is 3.01. The first-order valence-corrected chi connectivity index (χ1v) is 10.2. The molecule has 0 amide bonds. The molecule has 0 aliphatic heterocycles. The molecular formula is C20H35NSi. The second kappa shape index (κ2) is 8.10. The van der Waals surface area contributed by atoms with Crippen molar-refractivity contribution in [1.29, 1.82) is 0 Å². The van der Waals surface area contributed by atoms with Gasteiger partial charge in [0.15, 0.2) is 9.68 Å². The zero-order valence-corrected chi connectivity index (χ0v) is 17.2. The van der Waals surface area contributed by atoms with Crippen LogP contribution in [0.15, 0.2) is 35.0 Å². The number of nitrogens with zero attached hydrogens (tertiary/aromatic N) is 1. The Morgan fingerprint density at radius 1 is 1.00 bits per heavy atom. The fourth-order valence-electron chi connectivity index (χ4n) is 3.34. The van der Waals surface area contributed by atoms with Crippen molar-refractivity contribution in [3.05, 3.63) is 35.9 Å². The average molecular weight is 318 g/mol. The maximum absolute atomic E-state index is 5.22. The van der Waals surface area contributed by atoms with Gasteiger partial charge in [0.2, 0.25) is 0 Å². The van der Waals surface area contributed by atoms with E-state index in [0.29, 0.717) is 16.4 Å². The van der Waals surface area contributed by atoms with Crippen LogP contribution in [-0.4, -0.2) is 15.4 Å². The maximum atomic E-state index is 5.22. The van der Waals surface area contributed by atoms with E-state index in [4.69, 9.17) is 4.66 Å². The van der Waals surface area contributed by atoms with Gasteiger partial charge in [-0.2, -0.15) is 0 Å². The summed E-state index contributed by atoms with van der Waals surface area (Å²) in [5, 5.41) is 0. The summed E-state index contributed by atoms with van der Waals surface area (Å²) in [6.07, 6.45) is 3.59. The zero-order chi connectivity index (χ0) is 16.8. The highest BCUT2D eigenvalue weighted by Gasteiger charge is 2.34. The van der Waals surface area contributed by atoms with Crippen molar-refractivity contribution in [3.63, 3.8) is 0 Å². The average Bonchev–Trinajstić information content (AvgIpc) is 2.40. The predicted octanol–water partition coefficient (Wildman–Crippen LogP) is 5.63. The Kier molecular flexibility index (Phi) is 7.05. The van der Waals surface area contributed by atoms with Gasteiger partial charge in [0.1, 0.15) is 0 Å². The Hall–Kier alpha value is -0.893. The molecule has 0 saturated carbocycles. The van der Waals surface area contributed by atoms with Crippen LogP contribution >= 0.6 is 0 Å². The molecule has 1 aromatic rings. The lowest BCUT2D eigenvalue weighted by molar-refractivity contribution is 0.232. The lowest BCUT2D eigenvalue weighted by Gasteiger charge is -2.39. The molecule has 0 aromatic heterocycles. The molecule has 1 aromatic carbocycles. The molecule has 0 aliphatic carbocycles. The van der Waals surface area contributed by atoms with E-state index in [9.17, 15) is 0 Å². The van der Waals surface area contributed by atoms with Gasteiger partial charge in [0, 0.05) is 5.71 Å². The lowest BCUT2D eigenvalue weighted by Crippen LogP contribution is -2.31. The largest absolute Gasteiger partial charge is 0.332 e. The summed E-state index contributed by atoms with van der Waals surface area (Å²) < 4.78 is 5.22. The molecule has 0 heterocycles. The number of hydrogen-bond acceptors (Lipinski definition) is 1. The van der Waals surface area contributed by atoms with Crippen LogP contribution in [0.2, 0.25) is 5.54 Å². The molecule has 0 N–H and O–H groups in total. The number of rotatable bonds is 6. The Morgan fingerprint density at radius 3 is 2.00 bits per heavy atom. The second-order valence-electron chi connectivity index (χ2n) is 8.54. The summed E-state index contributed by atoms with van der Waals surface area (Å²) in [6, 6.07) is 10.8. The summed E-state index contributed by atoms with van der Waals surface area (Å²) in [4.78, 5) is 0. The molecule has 0 saturated heterocycles. The third-order valence-corrected chi connectivity index (χ3v) is 7.81. The first kappa shape index (κ1) is 19.2. The number of hydrogen-bond donors (Lipinski definition) is 0. The monoisotopic (exact) mass is 317 g/mol. The number of unbranched alkanes of at least 4 members (excludes halogenated alkanes) is 1. The van der Waals surface area contributed by atoms with E-state index in [0.717, 1.165) is 6.42 Å². The summed E-state index contributed by atoms with van der Waals surface area (Å²) in [5.41, 5.74) is 4.04. The summed E-state index contributed by atoms with van der Waals surface area (Å²) >= 11 is 0. The van der Waals surface area contributed by atoms with Gasteiger partial charge in [0.05, 0.1) is 0 Å². The van der Waals surface area contributed by atoms with Crippen molar-refractivity contribution < 1.29 is 0 Å². The van der Waals surface area contributed by atoms with Gasteiger partial charge in [-0.15, -0.1) is 0 Å². The van der Waals surface area contributed by atoms with E-state index in [1.165, 1.54) is 24.1 Å². The molecule has 1 nitrogen and oxygen atoms in total. The van der Waals surface area contributed by atoms with Crippen molar-refractivity contribution in [2.75, 3.05) is 0 Å². The highest BCUT2D eigenvalue weighted by molar-refractivity contribution is 6.39. The first-order chi connectivity index (χ1) is 10.2. The van der Waals surface area contributed by atoms with Crippen LogP contribution in [0.3, 0.4) is 0 Å². The predicted molar refractivity (Wildman–Crippen MR) is 104 cm³/mol. The normalized spacial score (nSPS) is 14.3. The molecule has 0 bridgehead atoms. The van der Waals surface area contributed by atoms with E-state index in [-0.39, 0.29) is 0 Å². The molecule has 124 valence electrons. The highest BCUT2D eigenvalue weighted by Crippen LogP contribution is 2.44. The van der Waals surface area contributed by atoms with Crippen molar-refractivity contribution in [2.45, 2.75) is 73.3 Å². The van der Waals surface area contributed by atoms with Crippen LogP contribution in [-0.2, 0) is 0 Å². The quantitative estimate of drug-likeness (QED) is 0.476. The molecule has 0 radical (unpaired) electrons. The van der Waals surface area contributed by atoms with E-state index in [2.05, 4.69) is 78.8 Å². The van der Waals surface area contributed by atoms with Crippen molar-refractivity contribution in [3.8, 4) is 0 Å². The summed E-state index contributed by atoms with van der Waals surface area (Å²) in [6.45, 7) is 16.5. The van der Waals surface area contributed by atoms with Gasteiger partial charge < -0.3 is 4.66 Å². The minimum absolute atomic E-state index is 0.334. The maximum Gasteiger partial charge on any atom is 0.155 e. The van der Waals surface area contributed by atoms with E-state index < -0.39 is 9.68 Å². The summed E-state index contributed by atoms with van der Waals surface area (Å²) in [7, 11) is -0.514. The summed E-state index contributed by atoms with van der Waals surface area (Å²) in [5.74, 6) is 0. The molecule has 0 fully saturated rings. The standard InChI is InChI=1S/C20H35NSi/c1-8-9-15-17(16-13-11-10-12-14-16)21-22-18(19(2,3)4)20(5,6)7/h10-14,18H,8-9,15,22H2,1-7H3. The number of benzene rings is 1. The molecule has 0 aliphatic rings. The van der Waals surface area contributed by atoms with E-state index in [1.807, 2.05) is 0 Å². The fraction of sp³-hybridized carbons (Fsp3) is 0.650. The lowest BCUT2D eigenvalue weighted by atomic mass is 9.77. The molecular weight excluding hydrogens is 282 g/mol. The van der Waals surface area contributed by atoms with Gasteiger partial charge in [-0.3, -0.25) is 0 Å². The Labute approximate surface area is 140 Å². The van der Waals surface area contributed by atoms with E-state index >= 15 is 0 Å². The van der Waals surface area contributed by atoms with Crippen LogP contribution in [0, 0.1) is 10.8 Å². The van der Waals surface area contributed by atoms with Crippen LogP contribution in [0.5, 0.6) is 0 Å². The Bertz CT molecular complexity index is 449. The van der Waals surface area contributed by atoms with Crippen molar-refractivity contribution in [1.82, 2.24) is 0 Å². The van der Waals surface area contributed by atoms with Gasteiger partial charge in [-0.25, -0.2) is 0 Å². The third kappa shape index (κ3) is 6.08. The van der Waals surface area contributed by atoms with Gasteiger partial charge >= 0.3 is 0 Å². The van der Waals surface area contributed by atoms with Crippen LogP contribution in [0.25, 0.3) is 0 Å². The zero-order valence-electron chi connectivity index (χ0n) is 15.7. The van der Waals surface area contributed by atoms with Crippen molar-refractivity contribution >= 4 is 15.4 Å². The van der Waals surface area contributed by atoms with Crippen molar-refractivity contribution in [2.24, 2.45) is 15.5 Å². The molecule has 0 unspecified atom stereocenters.